The first kappa shape index (κ1) is 22.0. The number of amides is 1. The summed E-state index contributed by atoms with van der Waals surface area (Å²) < 4.78 is 7.11. The summed E-state index contributed by atoms with van der Waals surface area (Å²) >= 11 is 0. The number of aromatic nitrogens is 3. The number of likely N-dealkylation sites (tertiary alicyclic amines) is 1. The highest BCUT2D eigenvalue weighted by Crippen LogP contribution is 2.30. The van der Waals surface area contributed by atoms with Gasteiger partial charge in [0.2, 0.25) is 5.91 Å². The van der Waals surface area contributed by atoms with Gasteiger partial charge in [-0.2, -0.15) is 5.26 Å². The minimum Gasteiger partial charge on any atom is -0.445 e. The van der Waals surface area contributed by atoms with Crippen LogP contribution >= 0.6 is 0 Å². The molecule has 0 aliphatic carbocycles. The Morgan fingerprint density at radius 3 is 2.84 bits per heavy atom. The van der Waals surface area contributed by atoms with E-state index in [9.17, 15) is 9.59 Å². The molecule has 2 saturated heterocycles. The summed E-state index contributed by atoms with van der Waals surface area (Å²) in [5.41, 5.74) is 0.502. The fourth-order valence-corrected chi connectivity index (χ4v) is 4.60. The molecule has 0 spiro atoms. The van der Waals surface area contributed by atoms with Crippen molar-refractivity contribution in [2.24, 2.45) is 5.92 Å². The zero-order valence-electron chi connectivity index (χ0n) is 18.5. The molecule has 4 rings (SSSR count). The molecule has 0 aromatic carbocycles. The molecule has 2 aliphatic rings. The van der Waals surface area contributed by atoms with Gasteiger partial charge in [0.05, 0.1) is 17.5 Å². The molecule has 2 atom stereocenters. The van der Waals surface area contributed by atoms with Crippen molar-refractivity contribution in [3.05, 3.63) is 18.6 Å². The average molecular weight is 440 g/mol. The lowest BCUT2D eigenvalue weighted by Gasteiger charge is -2.42. The second kappa shape index (κ2) is 9.53. The number of nitriles is 1. The van der Waals surface area contributed by atoms with Crippen LogP contribution in [0.5, 0.6) is 0 Å². The highest BCUT2D eigenvalue weighted by atomic mass is 16.6. The quantitative estimate of drug-likeness (QED) is 0.766. The number of rotatable bonds is 4. The van der Waals surface area contributed by atoms with E-state index >= 15 is 0 Å². The van der Waals surface area contributed by atoms with Gasteiger partial charge in [-0.05, 0) is 44.3 Å². The molecule has 170 valence electrons. The number of nitrogens with zero attached hydrogens (tertiary/aromatic N) is 6. The number of ether oxygens (including phenoxy) is 1. The van der Waals surface area contributed by atoms with E-state index in [-0.39, 0.29) is 24.5 Å². The zero-order valence-corrected chi connectivity index (χ0v) is 18.5. The van der Waals surface area contributed by atoms with Crippen molar-refractivity contribution in [1.29, 1.82) is 5.26 Å². The molecule has 0 saturated carbocycles. The molecule has 2 aliphatic heterocycles. The Bertz CT molecular complexity index is 1020. The highest BCUT2D eigenvalue weighted by molar-refractivity contribution is 5.93. The fourth-order valence-electron chi connectivity index (χ4n) is 4.60. The van der Waals surface area contributed by atoms with Crippen molar-refractivity contribution in [2.45, 2.75) is 44.8 Å². The van der Waals surface area contributed by atoms with Crippen molar-refractivity contribution in [2.75, 3.05) is 38.1 Å². The van der Waals surface area contributed by atoms with Gasteiger partial charge in [0, 0.05) is 26.3 Å². The van der Waals surface area contributed by atoms with Gasteiger partial charge < -0.3 is 19.9 Å². The fraction of sp³-hybridized carbons (Fsp3) is 0.591. The van der Waals surface area contributed by atoms with Gasteiger partial charge in [0.15, 0.2) is 5.65 Å². The van der Waals surface area contributed by atoms with Crippen molar-refractivity contribution in [3.63, 3.8) is 0 Å². The summed E-state index contributed by atoms with van der Waals surface area (Å²) in [6, 6.07) is 3.81. The number of hydrogen-bond donors (Lipinski definition) is 1. The molecular formula is C22H29N7O3. The maximum absolute atomic E-state index is 12.8. The molecule has 1 N–H and O–H groups in total. The molecule has 10 heteroatoms. The summed E-state index contributed by atoms with van der Waals surface area (Å²) in [5, 5.41) is 12.9. The van der Waals surface area contributed by atoms with Gasteiger partial charge in [-0.15, -0.1) is 0 Å². The molecule has 0 unspecified atom stereocenters. The molecule has 2 fully saturated rings. The first-order valence-corrected chi connectivity index (χ1v) is 11.1. The molecule has 2 aromatic heterocycles. The molecule has 2 aromatic rings. The molecule has 0 radical (unpaired) electrons. The Kier molecular flexibility index (Phi) is 6.55. The van der Waals surface area contributed by atoms with Gasteiger partial charge in [0.1, 0.15) is 24.7 Å². The summed E-state index contributed by atoms with van der Waals surface area (Å²) in [5.74, 6) is 0.899. The third-order valence-electron chi connectivity index (χ3n) is 6.54. The SMILES string of the molecule is C[C@@H]1CCN(C(=O)CC#N)C[C@@H]1N(C)c1ncnc2c1ccn2C(=O)OC1CCNCC1. The highest BCUT2D eigenvalue weighted by Gasteiger charge is 2.33. The van der Waals surface area contributed by atoms with E-state index in [4.69, 9.17) is 10.00 Å². The monoisotopic (exact) mass is 439 g/mol. The van der Waals surface area contributed by atoms with Crippen molar-refractivity contribution in [1.82, 2.24) is 24.8 Å². The largest absolute Gasteiger partial charge is 0.445 e. The number of carbonyl (C=O) groups is 2. The van der Waals surface area contributed by atoms with E-state index < -0.39 is 6.09 Å². The number of fused-ring (bicyclic) bond motifs is 1. The van der Waals surface area contributed by atoms with Crippen LogP contribution in [0.15, 0.2) is 18.6 Å². The van der Waals surface area contributed by atoms with Crippen LogP contribution in [0.3, 0.4) is 0 Å². The minimum absolute atomic E-state index is 0.0366. The van der Waals surface area contributed by atoms with Crippen LogP contribution < -0.4 is 10.2 Å². The summed E-state index contributed by atoms with van der Waals surface area (Å²) in [4.78, 5) is 37.7. The summed E-state index contributed by atoms with van der Waals surface area (Å²) in [6.45, 7) is 5.03. The molecular weight excluding hydrogens is 410 g/mol. The van der Waals surface area contributed by atoms with Crippen molar-refractivity contribution < 1.29 is 14.3 Å². The van der Waals surface area contributed by atoms with Crippen LogP contribution in [-0.4, -0.2) is 76.8 Å². The number of hydrogen-bond acceptors (Lipinski definition) is 8. The number of anilines is 1. The Balaban J connectivity index is 1.55. The topological polar surface area (TPSA) is 116 Å². The average Bonchev–Trinajstić information content (AvgIpc) is 3.24. The predicted octanol–water partition coefficient (Wildman–Crippen LogP) is 1.75. The number of piperidine rings is 2. The van der Waals surface area contributed by atoms with E-state index in [0.717, 1.165) is 37.7 Å². The maximum atomic E-state index is 12.8. The van der Waals surface area contributed by atoms with Crippen LogP contribution in [0, 0.1) is 17.2 Å². The first-order chi connectivity index (χ1) is 15.5. The minimum atomic E-state index is -0.432. The van der Waals surface area contributed by atoms with Gasteiger partial charge in [-0.3, -0.25) is 4.79 Å². The van der Waals surface area contributed by atoms with E-state index in [1.807, 2.05) is 19.2 Å². The Morgan fingerprint density at radius 2 is 2.09 bits per heavy atom. The lowest BCUT2D eigenvalue weighted by Crippen LogP contribution is -2.52. The van der Waals surface area contributed by atoms with Gasteiger partial charge in [0.25, 0.3) is 0 Å². The molecule has 0 bridgehead atoms. The Labute approximate surface area is 187 Å². The second-order valence-electron chi connectivity index (χ2n) is 8.57. The van der Waals surface area contributed by atoms with Crippen LogP contribution in [0.1, 0.15) is 32.6 Å². The Hall–Kier alpha value is -3.19. The normalized spacial score (nSPS) is 21.8. The lowest BCUT2D eigenvalue weighted by atomic mass is 9.92. The standard InChI is InChI=1S/C22H29N7O3/c1-15-6-11-28(19(30)3-8-23)13-18(15)27(2)20-17-7-12-29(21(17)26-14-25-20)22(31)32-16-4-9-24-10-5-16/h7,12,14-16,18,24H,3-6,9-11,13H2,1-2H3/t15-,18+/m1/s1. The lowest BCUT2D eigenvalue weighted by molar-refractivity contribution is -0.131. The van der Waals surface area contributed by atoms with E-state index in [1.165, 1.54) is 10.9 Å². The number of nitrogens with one attached hydrogen (secondary N) is 1. The van der Waals surface area contributed by atoms with Crippen LogP contribution in [-0.2, 0) is 9.53 Å². The summed E-state index contributed by atoms with van der Waals surface area (Å²) in [7, 11) is 1.95. The van der Waals surface area contributed by atoms with Gasteiger partial charge in [-0.25, -0.2) is 19.3 Å². The molecule has 32 heavy (non-hydrogen) atoms. The third kappa shape index (κ3) is 4.39. The van der Waals surface area contributed by atoms with E-state index in [1.54, 1.807) is 11.1 Å². The number of carbonyl (C=O) groups excluding carboxylic acids is 2. The summed E-state index contributed by atoms with van der Waals surface area (Å²) in [6.07, 6.45) is 4.95. The van der Waals surface area contributed by atoms with E-state index in [0.29, 0.717) is 30.5 Å². The molecule has 1 amide bonds. The first-order valence-electron chi connectivity index (χ1n) is 11.1. The van der Waals surface area contributed by atoms with Crippen molar-refractivity contribution >= 4 is 28.9 Å². The van der Waals surface area contributed by atoms with Crippen LogP contribution in [0.2, 0.25) is 0 Å². The predicted molar refractivity (Wildman–Crippen MR) is 118 cm³/mol. The Morgan fingerprint density at radius 1 is 1.31 bits per heavy atom. The van der Waals surface area contributed by atoms with Gasteiger partial charge in [-0.1, -0.05) is 6.92 Å². The maximum Gasteiger partial charge on any atom is 0.419 e. The van der Waals surface area contributed by atoms with Crippen LogP contribution in [0.25, 0.3) is 11.0 Å². The van der Waals surface area contributed by atoms with Crippen LogP contribution in [0.4, 0.5) is 10.6 Å². The van der Waals surface area contributed by atoms with Gasteiger partial charge >= 0.3 is 6.09 Å². The molecule has 10 nitrogen and oxygen atoms in total. The number of likely N-dealkylation sites (N-methyl/N-ethyl adjacent to an activating group) is 1. The smallest absolute Gasteiger partial charge is 0.419 e. The van der Waals surface area contributed by atoms with E-state index in [2.05, 4.69) is 27.1 Å². The van der Waals surface area contributed by atoms with Crippen molar-refractivity contribution in [3.8, 4) is 6.07 Å². The zero-order chi connectivity index (χ0) is 22.7. The second-order valence-corrected chi connectivity index (χ2v) is 8.57. The molecule has 4 heterocycles. The third-order valence-corrected chi connectivity index (χ3v) is 6.54.